The summed E-state index contributed by atoms with van der Waals surface area (Å²) >= 11 is 8.34. The van der Waals surface area contributed by atoms with E-state index >= 15 is 0 Å². The maximum atomic E-state index is 15.0. The molecule has 0 aliphatic heterocycles. The first kappa shape index (κ1) is 89.4. The first-order valence-electron chi connectivity index (χ1n) is 36.1. The van der Waals surface area contributed by atoms with Crippen LogP contribution in [0.15, 0.2) is 91.4 Å². The maximum absolute atomic E-state index is 15.0. The molecule has 0 aliphatic carbocycles. The lowest BCUT2D eigenvalue weighted by atomic mass is 9.99. The number of nitrogens with two attached hydrogens (primary N) is 1. The van der Waals surface area contributed by atoms with E-state index in [2.05, 4.69) is 109 Å². The Morgan fingerprint density at radius 2 is 0.750 bits per heavy atom. The van der Waals surface area contributed by atoms with Crippen molar-refractivity contribution in [3.05, 3.63) is 108 Å². The number of nitrogens with one attached hydrogen (secondary N) is 16. The van der Waals surface area contributed by atoms with Gasteiger partial charge in [-0.1, -0.05) is 96.1 Å². The average Bonchev–Trinajstić information content (AvgIpc) is 1.68. The number of benzene rings is 3. The summed E-state index contributed by atoms with van der Waals surface area (Å²) in [5.41, 5.74) is 9.55. The molecular weight excluding hydrogens is 1500 g/mol. The van der Waals surface area contributed by atoms with Crippen molar-refractivity contribution < 1.29 is 92.0 Å². The smallest absolute Gasteiger partial charge is 0.326 e. The van der Waals surface area contributed by atoms with Crippen LogP contribution in [0.4, 0.5) is 0 Å². The second-order valence-electron chi connectivity index (χ2n) is 28.1. The van der Waals surface area contributed by atoms with E-state index in [0.29, 0.717) is 43.9 Å². The van der Waals surface area contributed by atoms with Gasteiger partial charge in [-0.3, -0.25) is 71.9 Å². The quantitative estimate of drug-likeness (QED) is 0.0198. The second-order valence-corrected chi connectivity index (χ2v) is 28.8. The summed E-state index contributed by atoms with van der Waals surface area (Å²) in [6.45, 7) is 10.9. The second kappa shape index (κ2) is 42.6. The molecule has 0 saturated heterocycles. The van der Waals surface area contributed by atoms with Crippen molar-refractivity contribution in [1.82, 2.24) is 84.1 Å². The molecule has 3 aromatic carbocycles. The largest absolute Gasteiger partial charge is 0.481 e. The van der Waals surface area contributed by atoms with Crippen LogP contribution in [0.3, 0.4) is 0 Å². The Bertz CT molecular complexity index is 4410. The fraction of sp³-hybridized carbons (Fsp3) is 0.459. The fourth-order valence-electron chi connectivity index (χ4n) is 11.9. The lowest BCUT2D eigenvalue weighted by molar-refractivity contribution is -0.142. The molecule has 6 aromatic rings. The van der Waals surface area contributed by atoms with E-state index < -0.39 is 211 Å². The van der Waals surface area contributed by atoms with Crippen molar-refractivity contribution in [3.63, 3.8) is 0 Å². The minimum absolute atomic E-state index is 0.0435. The van der Waals surface area contributed by atoms with Crippen LogP contribution in [0.2, 0.25) is 0 Å². The standard InChI is InChI=1S/C74H99N17O19S2/c1-35(2)23-46(75)65(100)88-55(33-111)70(105)86-53(27-60(96)97)66(101)79-32-58(93)90-62(37(5)6)73(108)91-61(36(3)4)72(107)80-31-57(92)81-38(7)63(98)82-39(8)64(99)84-51(24-40-28-76-47-18-12-9-15-43(40)47)69(104)85-52(25-41-29-77-48-19-13-10-16-44(41)48)68(103)83-50(21-22-59(94)95)67(102)89-56(34-112)71(106)87-54(74(109)110)26-42-30-78-49-20-14-11-17-45(42)49/h9-20,28-30,35-39,46,50-56,61-62,76-78,111-112H,21-27,31-34,75H2,1-8H3,(H,79,101)(H,80,107)(H,81,92)(H,82,98)(H,83,103)(H,84,99)(H,85,104)(H,86,105)(H,87,106)(H,88,100)(H,89,102)(H,90,93)(H,91,108)(H,94,95)(H,96,97)(H,109,110)/t38-,39-,46-,50-,51-,52-,53-,54-,55-,56-,61-,62-/m0/s1. The highest BCUT2D eigenvalue weighted by molar-refractivity contribution is 7.80. The SMILES string of the molecule is CC(C)C[C@H](N)C(=O)N[C@@H](CS)C(=O)N[C@@H](CC(=O)O)C(=O)NCC(=O)N[C@H](C(=O)N[C@H](C(=O)NCC(=O)N[C@@H](C)C(=O)N[C@@H](C)C(=O)N[C@@H](Cc1c[nH]c2ccccc12)C(=O)N[C@@H](Cc1c[nH]c2ccccc12)C(=O)N[C@@H](CCC(=O)O)C(=O)N[C@@H](CS)C(=O)N[C@@H](Cc1c[nH]c2ccccc12)C(=O)O)C(C)C)C(C)C. The minimum Gasteiger partial charge on any atom is -0.481 e. The summed E-state index contributed by atoms with van der Waals surface area (Å²) < 4.78 is 0. The number of hydrogen-bond acceptors (Lipinski definition) is 19. The molecule has 0 radical (unpaired) electrons. The number of thiol groups is 2. The van der Waals surface area contributed by atoms with E-state index in [1.807, 2.05) is 13.8 Å². The third-order valence-corrected chi connectivity index (χ3v) is 18.8. The lowest BCUT2D eigenvalue weighted by Crippen LogP contribution is -2.60. The Labute approximate surface area is 654 Å². The summed E-state index contributed by atoms with van der Waals surface area (Å²) in [5.74, 6) is -18.3. The highest BCUT2D eigenvalue weighted by Gasteiger charge is 2.37. The number of aliphatic carboxylic acids is 3. The molecule has 606 valence electrons. The monoisotopic (exact) mass is 1590 g/mol. The van der Waals surface area contributed by atoms with Crippen LogP contribution in [0.1, 0.15) is 97.8 Å². The van der Waals surface area contributed by atoms with Crippen molar-refractivity contribution in [2.45, 2.75) is 173 Å². The van der Waals surface area contributed by atoms with Crippen LogP contribution in [-0.4, -0.2) is 222 Å². The van der Waals surface area contributed by atoms with Crippen molar-refractivity contribution in [1.29, 1.82) is 0 Å². The third-order valence-electron chi connectivity index (χ3n) is 18.0. The third kappa shape index (κ3) is 26.6. The van der Waals surface area contributed by atoms with Gasteiger partial charge in [-0.2, -0.15) is 25.3 Å². The molecule has 3 heterocycles. The van der Waals surface area contributed by atoms with Gasteiger partial charge in [0, 0.05) is 88.5 Å². The molecule has 13 amide bonds. The molecule has 0 unspecified atom stereocenters. The van der Waals surface area contributed by atoms with Crippen molar-refractivity contribution in [2.24, 2.45) is 23.5 Å². The molecule has 6 rings (SSSR count). The van der Waals surface area contributed by atoms with E-state index in [1.54, 1.807) is 119 Å². The van der Waals surface area contributed by atoms with Crippen LogP contribution in [-0.2, 0) is 96.0 Å². The predicted octanol–water partition coefficient (Wildman–Crippen LogP) is -1.27. The molecule has 3 aromatic heterocycles. The normalized spacial score (nSPS) is 14.6. The molecule has 0 saturated carbocycles. The number of carbonyl (C=O) groups excluding carboxylic acids is 13. The number of carboxylic acids is 3. The Hall–Kier alpha value is -11.5. The topological polar surface area (TPSA) is 564 Å². The molecule has 0 aliphatic rings. The predicted molar refractivity (Wildman–Crippen MR) is 416 cm³/mol. The van der Waals surface area contributed by atoms with Gasteiger partial charge in [0.25, 0.3) is 0 Å². The number of aromatic amines is 3. The van der Waals surface area contributed by atoms with Gasteiger partial charge >= 0.3 is 17.9 Å². The van der Waals surface area contributed by atoms with Crippen LogP contribution in [0, 0.1) is 17.8 Å². The Balaban J connectivity index is 1.09. The number of amides is 13. The van der Waals surface area contributed by atoms with E-state index in [1.165, 1.54) is 13.8 Å². The molecule has 112 heavy (non-hydrogen) atoms. The number of carbonyl (C=O) groups is 16. The van der Waals surface area contributed by atoms with Crippen LogP contribution >= 0.6 is 25.3 Å². The number of H-pyrrole nitrogens is 3. The average molecular weight is 1590 g/mol. The summed E-state index contributed by atoms with van der Waals surface area (Å²) in [5, 5.41) is 63.5. The zero-order valence-corrected chi connectivity index (χ0v) is 64.7. The minimum atomic E-state index is -1.74. The zero-order valence-electron chi connectivity index (χ0n) is 62.9. The molecule has 0 spiro atoms. The molecular formula is C74H99N17O19S2. The van der Waals surface area contributed by atoms with E-state index in [0.717, 1.165) is 5.52 Å². The van der Waals surface area contributed by atoms with Gasteiger partial charge in [0.1, 0.15) is 66.5 Å². The summed E-state index contributed by atoms with van der Waals surface area (Å²) in [7, 11) is 0. The number of fused-ring (bicyclic) bond motifs is 3. The van der Waals surface area contributed by atoms with Gasteiger partial charge in [0.15, 0.2) is 0 Å². The molecule has 0 bridgehead atoms. The van der Waals surface area contributed by atoms with Crippen LogP contribution < -0.4 is 74.9 Å². The zero-order chi connectivity index (χ0) is 82.8. The Morgan fingerprint density at radius 3 is 1.20 bits per heavy atom. The highest BCUT2D eigenvalue weighted by Crippen LogP contribution is 2.23. The molecule has 36 nitrogen and oxygen atoms in total. The van der Waals surface area contributed by atoms with Crippen LogP contribution in [0.25, 0.3) is 32.7 Å². The first-order chi connectivity index (χ1) is 53.0. The summed E-state index contributed by atoms with van der Waals surface area (Å²) in [6, 6.07) is 3.78. The number of rotatable bonds is 44. The molecule has 38 heteroatoms. The van der Waals surface area contributed by atoms with Gasteiger partial charge in [0.05, 0.1) is 25.6 Å². The summed E-state index contributed by atoms with van der Waals surface area (Å²) in [4.78, 5) is 224. The van der Waals surface area contributed by atoms with Crippen molar-refractivity contribution >= 4 is 153 Å². The van der Waals surface area contributed by atoms with Gasteiger partial charge in [0.2, 0.25) is 76.8 Å². The summed E-state index contributed by atoms with van der Waals surface area (Å²) in [6.07, 6.45) is 2.27. The number of para-hydroxylation sites is 3. The van der Waals surface area contributed by atoms with Gasteiger partial charge in [-0.25, -0.2) is 4.79 Å². The molecule has 0 fully saturated rings. The number of hydrogen-bond donors (Lipinski definition) is 22. The van der Waals surface area contributed by atoms with E-state index in [4.69, 9.17) is 5.73 Å². The molecule has 21 N–H and O–H groups in total. The Kier molecular flexibility index (Phi) is 34.0. The van der Waals surface area contributed by atoms with Crippen molar-refractivity contribution in [3.8, 4) is 0 Å². The van der Waals surface area contributed by atoms with Crippen molar-refractivity contribution in [2.75, 3.05) is 24.6 Å². The first-order valence-corrected chi connectivity index (χ1v) is 37.4. The highest BCUT2D eigenvalue weighted by atomic mass is 32.1. The number of aromatic nitrogens is 3. The number of carboxylic acid groups (broad SMARTS) is 3. The van der Waals surface area contributed by atoms with Gasteiger partial charge < -0.3 is 105 Å². The lowest BCUT2D eigenvalue weighted by Gasteiger charge is -2.27. The van der Waals surface area contributed by atoms with E-state index in [9.17, 15) is 92.0 Å². The van der Waals surface area contributed by atoms with Crippen LogP contribution in [0.5, 0.6) is 0 Å². The molecule has 12 atom stereocenters. The fourth-order valence-corrected chi connectivity index (χ4v) is 12.4. The van der Waals surface area contributed by atoms with E-state index in [-0.39, 0.29) is 43.1 Å². The maximum Gasteiger partial charge on any atom is 0.326 e. The van der Waals surface area contributed by atoms with Gasteiger partial charge in [-0.15, -0.1) is 0 Å². The van der Waals surface area contributed by atoms with Gasteiger partial charge in [-0.05, 0) is 79.3 Å². The Morgan fingerprint density at radius 1 is 0.384 bits per heavy atom.